The topological polar surface area (TPSA) is 15.3 Å². The minimum atomic E-state index is -0.327. The fraction of sp³-hybridized carbons (Fsp3) is 0.600. The molecule has 0 bridgehead atoms. The molecule has 0 amide bonds. The van der Waals surface area contributed by atoms with Crippen molar-refractivity contribution >= 4 is 11.6 Å². The van der Waals surface area contributed by atoms with Crippen LogP contribution in [0.4, 0.5) is 4.39 Å². The molecule has 0 radical (unpaired) electrons. The Kier molecular flexibility index (Phi) is 4.06. The van der Waals surface area contributed by atoms with Crippen LogP contribution in [0.3, 0.4) is 0 Å². The first-order valence-corrected chi connectivity index (χ1v) is 7.52. The fourth-order valence-electron chi connectivity index (χ4n) is 3.35. The molecule has 4 heteroatoms. The SMILES string of the molecule is Fc1cccc(CNC2CCN3CCCC3C2)c1Cl. The zero-order chi connectivity index (χ0) is 13.2. The highest BCUT2D eigenvalue weighted by Crippen LogP contribution is 2.27. The van der Waals surface area contributed by atoms with E-state index >= 15 is 0 Å². The van der Waals surface area contributed by atoms with Crippen molar-refractivity contribution in [1.82, 2.24) is 10.2 Å². The Bertz CT molecular complexity index is 452. The molecule has 0 aliphatic carbocycles. The van der Waals surface area contributed by atoms with Crippen molar-refractivity contribution in [2.75, 3.05) is 13.1 Å². The van der Waals surface area contributed by atoms with E-state index < -0.39 is 0 Å². The van der Waals surface area contributed by atoms with Crippen LogP contribution in [-0.4, -0.2) is 30.1 Å². The molecule has 2 fully saturated rings. The van der Waals surface area contributed by atoms with Gasteiger partial charge in [0.05, 0.1) is 5.02 Å². The van der Waals surface area contributed by atoms with Crippen molar-refractivity contribution in [3.63, 3.8) is 0 Å². The Balaban J connectivity index is 1.56. The summed E-state index contributed by atoms with van der Waals surface area (Å²) in [6, 6.07) is 6.32. The van der Waals surface area contributed by atoms with Crippen LogP contribution in [0.5, 0.6) is 0 Å². The van der Waals surface area contributed by atoms with Gasteiger partial charge in [-0.1, -0.05) is 23.7 Å². The van der Waals surface area contributed by atoms with Gasteiger partial charge < -0.3 is 10.2 Å². The summed E-state index contributed by atoms with van der Waals surface area (Å²) in [4.78, 5) is 2.60. The smallest absolute Gasteiger partial charge is 0.142 e. The molecule has 1 N–H and O–H groups in total. The van der Waals surface area contributed by atoms with Crippen molar-refractivity contribution in [2.45, 2.75) is 44.3 Å². The lowest BCUT2D eigenvalue weighted by molar-refractivity contribution is 0.166. The van der Waals surface area contributed by atoms with Crippen molar-refractivity contribution in [3.8, 4) is 0 Å². The Hall–Kier alpha value is -0.640. The third-order valence-electron chi connectivity index (χ3n) is 4.43. The van der Waals surface area contributed by atoms with Gasteiger partial charge in [-0.15, -0.1) is 0 Å². The van der Waals surface area contributed by atoms with Gasteiger partial charge in [0.2, 0.25) is 0 Å². The molecule has 19 heavy (non-hydrogen) atoms. The minimum absolute atomic E-state index is 0.258. The maximum Gasteiger partial charge on any atom is 0.142 e. The van der Waals surface area contributed by atoms with Crippen molar-refractivity contribution < 1.29 is 4.39 Å². The van der Waals surface area contributed by atoms with Crippen LogP contribution in [-0.2, 0) is 6.54 Å². The first-order chi connectivity index (χ1) is 9.24. The molecule has 1 aromatic rings. The molecule has 3 rings (SSSR count). The Morgan fingerprint density at radius 3 is 3.11 bits per heavy atom. The normalized spacial score (nSPS) is 27.5. The molecule has 0 saturated carbocycles. The second-order valence-corrected chi connectivity index (χ2v) is 6.03. The van der Waals surface area contributed by atoms with Crippen LogP contribution in [0.25, 0.3) is 0 Å². The molecular weight excluding hydrogens is 263 g/mol. The zero-order valence-electron chi connectivity index (χ0n) is 11.0. The zero-order valence-corrected chi connectivity index (χ0v) is 11.8. The first-order valence-electron chi connectivity index (χ1n) is 7.14. The van der Waals surface area contributed by atoms with Gasteiger partial charge in [-0.25, -0.2) is 4.39 Å². The third kappa shape index (κ3) is 2.93. The molecule has 0 aromatic heterocycles. The molecule has 2 heterocycles. The van der Waals surface area contributed by atoms with Gasteiger partial charge in [-0.3, -0.25) is 0 Å². The summed E-state index contributed by atoms with van der Waals surface area (Å²) >= 11 is 5.98. The van der Waals surface area contributed by atoms with Gasteiger partial charge in [0.25, 0.3) is 0 Å². The van der Waals surface area contributed by atoms with Gasteiger partial charge in [0.15, 0.2) is 0 Å². The number of nitrogens with one attached hydrogen (secondary N) is 1. The molecule has 2 saturated heterocycles. The standard InChI is InChI=1S/C15H20ClFN2/c16-15-11(3-1-5-14(15)17)10-18-12-6-8-19-7-2-4-13(19)9-12/h1,3,5,12-13,18H,2,4,6-10H2. The van der Waals surface area contributed by atoms with E-state index in [9.17, 15) is 4.39 Å². The van der Waals surface area contributed by atoms with E-state index in [0.29, 0.717) is 12.6 Å². The van der Waals surface area contributed by atoms with Gasteiger partial charge in [-0.05, 0) is 50.4 Å². The number of piperidine rings is 1. The highest BCUT2D eigenvalue weighted by Gasteiger charge is 2.31. The van der Waals surface area contributed by atoms with Gasteiger partial charge in [-0.2, -0.15) is 0 Å². The van der Waals surface area contributed by atoms with Crippen LogP contribution in [0.2, 0.25) is 5.02 Å². The summed E-state index contributed by atoms with van der Waals surface area (Å²) in [6.45, 7) is 3.13. The van der Waals surface area contributed by atoms with E-state index in [1.54, 1.807) is 6.07 Å². The number of fused-ring (bicyclic) bond motifs is 1. The summed E-state index contributed by atoms with van der Waals surface area (Å²) < 4.78 is 13.4. The molecule has 2 aliphatic heterocycles. The Labute approximate surface area is 118 Å². The average Bonchev–Trinajstić information content (AvgIpc) is 2.88. The summed E-state index contributed by atoms with van der Waals surface area (Å²) in [5.41, 5.74) is 0.857. The average molecular weight is 283 g/mol. The maximum atomic E-state index is 13.4. The van der Waals surface area contributed by atoms with Crippen LogP contribution in [0.15, 0.2) is 18.2 Å². The van der Waals surface area contributed by atoms with E-state index in [1.807, 2.05) is 6.07 Å². The molecule has 2 aliphatic rings. The summed E-state index contributed by atoms with van der Waals surface area (Å²) in [7, 11) is 0. The van der Waals surface area contributed by atoms with E-state index in [1.165, 1.54) is 44.8 Å². The number of halogens is 2. The lowest BCUT2D eigenvalue weighted by Gasteiger charge is -2.35. The van der Waals surface area contributed by atoms with E-state index in [2.05, 4.69) is 10.2 Å². The molecule has 2 nitrogen and oxygen atoms in total. The molecular formula is C15H20ClFN2. The second-order valence-electron chi connectivity index (χ2n) is 5.65. The first kappa shape index (κ1) is 13.3. The summed E-state index contributed by atoms with van der Waals surface area (Å²) in [5.74, 6) is -0.327. The van der Waals surface area contributed by atoms with E-state index in [-0.39, 0.29) is 10.8 Å². The number of rotatable bonds is 3. The molecule has 0 spiro atoms. The van der Waals surface area contributed by atoms with Crippen molar-refractivity contribution in [2.24, 2.45) is 0 Å². The quantitative estimate of drug-likeness (QED) is 0.916. The predicted molar refractivity (Wildman–Crippen MR) is 75.9 cm³/mol. The summed E-state index contributed by atoms with van der Waals surface area (Å²) in [6.07, 6.45) is 5.07. The third-order valence-corrected chi connectivity index (χ3v) is 4.86. The Morgan fingerprint density at radius 1 is 1.32 bits per heavy atom. The van der Waals surface area contributed by atoms with Gasteiger partial charge in [0.1, 0.15) is 5.82 Å². The van der Waals surface area contributed by atoms with Crippen LogP contribution < -0.4 is 5.32 Å². The second kappa shape index (κ2) is 5.78. The highest BCUT2D eigenvalue weighted by molar-refractivity contribution is 6.31. The number of benzene rings is 1. The fourth-order valence-corrected chi connectivity index (χ4v) is 3.54. The lowest BCUT2D eigenvalue weighted by Crippen LogP contribution is -2.45. The Morgan fingerprint density at radius 2 is 2.21 bits per heavy atom. The lowest BCUT2D eigenvalue weighted by atomic mass is 9.97. The number of hydrogen-bond donors (Lipinski definition) is 1. The van der Waals surface area contributed by atoms with E-state index in [0.717, 1.165) is 11.6 Å². The molecule has 1 aromatic carbocycles. The summed E-state index contributed by atoms with van der Waals surface area (Å²) in [5, 5.41) is 3.80. The van der Waals surface area contributed by atoms with Crippen LogP contribution >= 0.6 is 11.6 Å². The van der Waals surface area contributed by atoms with Crippen LogP contribution in [0, 0.1) is 5.82 Å². The molecule has 2 unspecified atom stereocenters. The number of nitrogens with zero attached hydrogens (tertiary/aromatic N) is 1. The minimum Gasteiger partial charge on any atom is -0.310 e. The molecule has 2 atom stereocenters. The van der Waals surface area contributed by atoms with Gasteiger partial charge in [0, 0.05) is 18.6 Å². The largest absolute Gasteiger partial charge is 0.310 e. The van der Waals surface area contributed by atoms with Gasteiger partial charge >= 0.3 is 0 Å². The van der Waals surface area contributed by atoms with Crippen molar-refractivity contribution in [3.05, 3.63) is 34.6 Å². The monoisotopic (exact) mass is 282 g/mol. The van der Waals surface area contributed by atoms with E-state index in [4.69, 9.17) is 11.6 Å². The van der Waals surface area contributed by atoms with Crippen LogP contribution in [0.1, 0.15) is 31.2 Å². The predicted octanol–water partition coefficient (Wildman–Crippen LogP) is 3.20. The highest BCUT2D eigenvalue weighted by atomic mass is 35.5. The maximum absolute atomic E-state index is 13.4. The number of hydrogen-bond acceptors (Lipinski definition) is 2. The molecule has 104 valence electrons. The van der Waals surface area contributed by atoms with Crippen molar-refractivity contribution in [1.29, 1.82) is 0 Å².